The van der Waals surface area contributed by atoms with Crippen molar-refractivity contribution >= 4 is 22.6 Å². The molecule has 2 atom stereocenters. The topological polar surface area (TPSA) is 72.9 Å². The number of halogens is 1. The van der Waals surface area contributed by atoms with E-state index in [0.717, 1.165) is 47.4 Å². The first-order valence-electron chi connectivity index (χ1n) is 9.71. The summed E-state index contributed by atoms with van der Waals surface area (Å²) in [5.74, 6) is 0.681. The van der Waals surface area contributed by atoms with Crippen molar-refractivity contribution in [2.24, 2.45) is 18.7 Å². The molecule has 0 saturated heterocycles. The molecular formula is C22H25FN4O. The standard InChI is InChI=1S/C22H25FN4O/c1-13-6-7-15(22-26-19-12-16(23)8-9-20(19)27(22)2)10-18(13)25-21(28)11-14-4-3-5-17(14)24/h6-10,12,14,17H,3-5,11,24H2,1-2H3,(H,25,28)/t14-,17+/m0/s1. The molecule has 28 heavy (non-hydrogen) atoms. The number of hydrogen-bond donors (Lipinski definition) is 2. The Morgan fingerprint density at radius 3 is 2.86 bits per heavy atom. The maximum Gasteiger partial charge on any atom is 0.224 e. The Bertz CT molecular complexity index is 1040. The molecule has 2 aromatic carbocycles. The molecule has 0 unspecified atom stereocenters. The molecule has 1 saturated carbocycles. The van der Waals surface area contributed by atoms with Crippen molar-refractivity contribution in [3.8, 4) is 11.4 Å². The van der Waals surface area contributed by atoms with Gasteiger partial charge in [0.2, 0.25) is 5.91 Å². The lowest BCUT2D eigenvalue weighted by molar-refractivity contribution is -0.117. The summed E-state index contributed by atoms with van der Waals surface area (Å²) < 4.78 is 15.5. The molecule has 1 heterocycles. The van der Waals surface area contributed by atoms with Crippen LogP contribution in [-0.4, -0.2) is 21.5 Å². The number of rotatable bonds is 4. The average Bonchev–Trinajstić information content (AvgIpc) is 3.20. The van der Waals surface area contributed by atoms with E-state index in [1.165, 1.54) is 12.1 Å². The van der Waals surface area contributed by atoms with E-state index in [-0.39, 0.29) is 23.7 Å². The molecule has 1 aliphatic rings. The van der Waals surface area contributed by atoms with E-state index in [1.54, 1.807) is 6.07 Å². The summed E-state index contributed by atoms with van der Waals surface area (Å²) in [6, 6.07) is 10.6. The largest absolute Gasteiger partial charge is 0.327 e. The Kier molecular flexibility index (Phi) is 4.89. The number of nitrogens with two attached hydrogens (primary N) is 1. The summed E-state index contributed by atoms with van der Waals surface area (Å²) in [5, 5.41) is 3.04. The van der Waals surface area contributed by atoms with Gasteiger partial charge < -0.3 is 15.6 Å². The van der Waals surface area contributed by atoms with Crippen molar-refractivity contribution in [1.29, 1.82) is 0 Å². The van der Waals surface area contributed by atoms with E-state index >= 15 is 0 Å². The highest BCUT2D eigenvalue weighted by Crippen LogP contribution is 2.30. The summed E-state index contributed by atoms with van der Waals surface area (Å²) in [5.41, 5.74) is 10.2. The third-order valence-electron chi connectivity index (χ3n) is 5.78. The monoisotopic (exact) mass is 380 g/mol. The van der Waals surface area contributed by atoms with E-state index in [1.807, 2.05) is 36.7 Å². The van der Waals surface area contributed by atoms with Gasteiger partial charge in [-0.1, -0.05) is 18.6 Å². The molecular weight excluding hydrogens is 355 g/mol. The Hall–Kier alpha value is -2.73. The Labute approximate surface area is 163 Å². The van der Waals surface area contributed by atoms with Gasteiger partial charge in [0.25, 0.3) is 0 Å². The molecule has 5 nitrogen and oxygen atoms in total. The van der Waals surface area contributed by atoms with Crippen molar-refractivity contribution in [2.75, 3.05) is 5.32 Å². The van der Waals surface area contributed by atoms with Crippen LogP contribution in [0.3, 0.4) is 0 Å². The van der Waals surface area contributed by atoms with E-state index in [9.17, 15) is 9.18 Å². The van der Waals surface area contributed by atoms with E-state index < -0.39 is 0 Å². The van der Waals surface area contributed by atoms with Crippen molar-refractivity contribution in [2.45, 2.75) is 38.6 Å². The van der Waals surface area contributed by atoms with Gasteiger partial charge in [-0.2, -0.15) is 0 Å². The van der Waals surface area contributed by atoms with Crippen LogP contribution in [0.15, 0.2) is 36.4 Å². The minimum atomic E-state index is -0.306. The summed E-state index contributed by atoms with van der Waals surface area (Å²) in [7, 11) is 1.90. The molecule has 4 rings (SSSR count). The zero-order valence-corrected chi connectivity index (χ0v) is 16.2. The molecule has 0 aliphatic heterocycles. The number of hydrogen-bond acceptors (Lipinski definition) is 3. The van der Waals surface area contributed by atoms with Gasteiger partial charge in [0.05, 0.1) is 11.0 Å². The average molecular weight is 380 g/mol. The van der Waals surface area contributed by atoms with Gasteiger partial charge in [-0.25, -0.2) is 9.37 Å². The quantitative estimate of drug-likeness (QED) is 0.714. The van der Waals surface area contributed by atoms with E-state index in [2.05, 4.69) is 10.3 Å². The SMILES string of the molecule is Cc1ccc(-c2nc3cc(F)ccc3n2C)cc1NC(=O)C[C@@H]1CCC[C@H]1N. The van der Waals surface area contributed by atoms with Crippen LogP contribution >= 0.6 is 0 Å². The zero-order chi connectivity index (χ0) is 19.8. The first-order valence-corrected chi connectivity index (χ1v) is 9.71. The van der Waals surface area contributed by atoms with E-state index in [4.69, 9.17) is 5.73 Å². The number of amides is 1. The molecule has 1 fully saturated rings. The smallest absolute Gasteiger partial charge is 0.224 e. The first kappa shape index (κ1) is 18.6. The number of benzene rings is 2. The van der Waals surface area contributed by atoms with Crippen molar-refractivity contribution in [3.05, 3.63) is 47.8 Å². The summed E-state index contributed by atoms with van der Waals surface area (Å²) >= 11 is 0. The number of carbonyl (C=O) groups is 1. The number of nitrogens with one attached hydrogen (secondary N) is 1. The zero-order valence-electron chi connectivity index (χ0n) is 16.2. The second-order valence-electron chi connectivity index (χ2n) is 7.76. The van der Waals surface area contributed by atoms with Crippen molar-refractivity contribution < 1.29 is 9.18 Å². The molecule has 0 radical (unpaired) electrons. The summed E-state index contributed by atoms with van der Waals surface area (Å²) in [6.07, 6.45) is 3.57. The highest BCUT2D eigenvalue weighted by atomic mass is 19.1. The van der Waals surface area contributed by atoms with Gasteiger partial charge in [0.15, 0.2) is 0 Å². The Balaban J connectivity index is 1.60. The van der Waals surface area contributed by atoms with Gasteiger partial charge >= 0.3 is 0 Å². The van der Waals surface area contributed by atoms with Gasteiger partial charge in [-0.15, -0.1) is 0 Å². The minimum absolute atomic E-state index is 0.00493. The van der Waals surface area contributed by atoms with Crippen LogP contribution in [0.5, 0.6) is 0 Å². The van der Waals surface area contributed by atoms with Crippen LogP contribution in [0, 0.1) is 18.7 Å². The van der Waals surface area contributed by atoms with Gasteiger partial charge in [0, 0.05) is 36.8 Å². The fourth-order valence-electron chi connectivity index (χ4n) is 4.09. The summed E-state index contributed by atoms with van der Waals surface area (Å²) in [6.45, 7) is 1.96. The second-order valence-corrected chi connectivity index (χ2v) is 7.76. The third-order valence-corrected chi connectivity index (χ3v) is 5.78. The van der Waals surface area contributed by atoms with Crippen molar-refractivity contribution in [3.63, 3.8) is 0 Å². The number of aromatic nitrogens is 2. The summed E-state index contributed by atoms with van der Waals surface area (Å²) in [4.78, 5) is 17.1. The lowest BCUT2D eigenvalue weighted by Crippen LogP contribution is -2.28. The molecule has 3 N–H and O–H groups in total. The molecule has 1 aromatic heterocycles. The third kappa shape index (κ3) is 3.52. The number of imidazole rings is 1. The van der Waals surface area contributed by atoms with Gasteiger partial charge in [0.1, 0.15) is 11.6 Å². The van der Waals surface area contributed by atoms with E-state index in [0.29, 0.717) is 11.9 Å². The maximum absolute atomic E-state index is 13.5. The number of aryl methyl sites for hydroxylation is 2. The molecule has 0 bridgehead atoms. The van der Waals surface area contributed by atoms with Crippen LogP contribution in [-0.2, 0) is 11.8 Å². The highest BCUT2D eigenvalue weighted by molar-refractivity contribution is 5.92. The number of fused-ring (bicyclic) bond motifs is 1. The predicted molar refractivity (Wildman–Crippen MR) is 109 cm³/mol. The van der Waals surface area contributed by atoms with Crippen LogP contribution in [0.25, 0.3) is 22.4 Å². The maximum atomic E-state index is 13.5. The normalized spacial score (nSPS) is 19.3. The van der Waals surface area contributed by atoms with Gasteiger partial charge in [-0.05, 0) is 49.4 Å². The van der Waals surface area contributed by atoms with Crippen molar-refractivity contribution in [1.82, 2.24) is 9.55 Å². The van der Waals surface area contributed by atoms with Crippen LogP contribution < -0.4 is 11.1 Å². The molecule has 146 valence electrons. The minimum Gasteiger partial charge on any atom is -0.327 e. The molecule has 6 heteroatoms. The molecule has 1 amide bonds. The number of anilines is 1. The van der Waals surface area contributed by atoms with Crippen LogP contribution in [0.2, 0.25) is 0 Å². The van der Waals surface area contributed by atoms with Crippen LogP contribution in [0.4, 0.5) is 10.1 Å². The number of nitrogens with zero attached hydrogens (tertiary/aromatic N) is 2. The Morgan fingerprint density at radius 2 is 2.11 bits per heavy atom. The lowest BCUT2D eigenvalue weighted by atomic mass is 9.99. The second kappa shape index (κ2) is 7.36. The molecule has 3 aromatic rings. The van der Waals surface area contributed by atoms with Crippen LogP contribution in [0.1, 0.15) is 31.2 Å². The highest BCUT2D eigenvalue weighted by Gasteiger charge is 2.26. The Morgan fingerprint density at radius 1 is 1.29 bits per heavy atom. The fraction of sp³-hybridized carbons (Fsp3) is 0.364. The first-order chi connectivity index (χ1) is 13.4. The fourth-order valence-corrected chi connectivity index (χ4v) is 4.09. The number of carbonyl (C=O) groups excluding carboxylic acids is 1. The predicted octanol–water partition coefficient (Wildman–Crippen LogP) is 4.14. The lowest BCUT2D eigenvalue weighted by Gasteiger charge is -2.16. The molecule has 1 aliphatic carbocycles. The van der Waals surface area contributed by atoms with Gasteiger partial charge in [-0.3, -0.25) is 4.79 Å². The molecule has 0 spiro atoms.